The Balaban J connectivity index is 1.40. The van der Waals surface area contributed by atoms with Gasteiger partial charge in [0.1, 0.15) is 10.9 Å². The fraction of sp³-hybridized carbons (Fsp3) is 0.455. The van der Waals surface area contributed by atoms with Gasteiger partial charge in [0.2, 0.25) is 5.91 Å². The molecule has 32 heavy (non-hydrogen) atoms. The number of hydrogen-bond acceptors (Lipinski definition) is 6. The third-order valence-electron chi connectivity index (χ3n) is 6.03. The molecule has 1 unspecified atom stereocenters. The predicted octanol–water partition coefficient (Wildman–Crippen LogP) is 2.58. The lowest BCUT2D eigenvalue weighted by Crippen LogP contribution is -2.48. The number of benzene rings is 1. The zero-order valence-electron chi connectivity index (χ0n) is 18.2. The van der Waals surface area contributed by atoms with Crippen LogP contribution in [-0.4, -0.2) is 73.8 Å². The summed E-state index contributed by atoms with van der Waals surface area (Å²) in [6.45, 7) is 4.45. The number of methoxy groups -OCH3 is 1. The van der Waals surface area contributed by atoms with E-state index in [2.05, 4.69) is 10.00 Å². The van der Waals surface area contributed by atoms with E-state index in [1.165, 1.54) is 6.08 Å². The number of amides is 1. The lowest BCUT2D eigenvalue weighted by molar-refractivity contribution is -0.126. The molecule has 2 aliphatic heterocycles. The summed E-state index contributed by atoms with van der Waals surface area (Å²) in [7, 11) is -1.39. The first-order valence-corrected chi connectivity index (χ1v) is 12.8. The van der Waals surface area contributed by atoms with E-state index in [-0.39, 0.29) is 23.5 Å². The van der Waals surface area contributed by atoms with Crippen molar-refractivity contribution in [3.63, 3.8) is 0 Å². The molecule has 0 N–H and O–H groups in total. The van der Waals surface area contributed by atoms with Crippen LogP contribution in [0.1, 0.15) is 23.7 Å². The summed E-state index contributed by atoms with van der Waals surface area (Å²) in [6, 6.07) is 7.61. The van der Waals surface area contributed by atoms with Gasteiger partial charge < -0.3 is 14.5 Å². The standard InChI is InChI=1S/C22H27ClN4O4S/c1-16-18(22(23)27(24-16)17-9-14-32(29,30)15-17)7-8-21(28)26-12-10-25(11-13-26)19-5-3-4-6-20(19)31-2/h3-8,17H,9-15H2,1-2H3. The zero-order chi connectivity index (χ0) is 22.9. The second kappa shape index (κ2) is 9.15. The van der Waals surface area contributed by atoms with Gasteiger partial charge in [-0.2, -0.15) is 5.10 Å². The maximum absolute atomic E-state index is 12.8. The molecule has 8 nitrogen and oxygen atoms in total. The van der Waals surface area contributed by atoms with Gasteiger partial charge in [-0.25, -0.2) is 13.1 Å². The molecule has 1 atom stereocenters. The SMILES string of the molecule is COc1ccccc1N1CCN(C(=O)C=Cc2c(C)nn(C3CCS(=O)(=O)C3)c2Cl)CC1. The number of halogens is 1. The molecule has 0 radical (unpaired) electrons. The normalized spacial score (nSPS) is 20.8. The molecule has 2 saturated heterocycles. The molecule has 172 valence electrons. The van der Waals surface area contributed by atoms with Crippen LogP contribution in [0.2, 0.25) is 5.15 Å². The number of aryl methyl sites for hydroxylation is 1. The second-order valence-electron chi connectivity index (χ2n) is 8.11. The number of nitrogens with zero attached hydrogens (tertiary/aromatic N) is 4. The Hall–Kier alpha value is -2.52. The maximum Gasteiger partial charge on any atom is 0.246 e. The van der Waals surface area contributed by atoms with Crippen LogP contribution in [0.5, 0.6) is 5.75 Å². The van der Waals surface area contributed by atoms with E-state index >= 15 is 0 Å². The minimum atomic E-state index is -3.04. The third kappa shape index (κ3) is 4.63. The Bertz CT molecular complexity index is 1140. The summed E-state index contributed by atoms with van der Waals surface area (Å²) in [5.41, 5.74) is 2.35. The number of para-hydroxylation sites is 2. The molecule has 4 rings (SSSR count). The van der Waals surface area contributed by atoms with E-state index in [9.17, 15) is 13.2 Å². The molecule has 2 aromatic rings. The van der Waals surface area contributed by atoms with Crippen LogP contribution in [0.15, 0.2) is 30.3 Å². The van der Waals surface area contributed by atoms with Gasteiger partial charge in [0.25, 0.3) is 0 Å². The van der Waals surface area contributed by atoms with Gasteiger partial charge in [0.05, 0.1) is 36.0 Å². The number of aromatic nitrogens is 2. The summed E-state index contributed by atoms with van der Waals surface area (Å²) >= 11 is 6.50. The van der Waals surface area contributed by atoms with Gasteiger partial charge in [-0.3, -0.25) is 4.79 Å². The van der Waals surface area contributed by atoms with Crippen molar-refractivity contribution in [2.45, 2.75) is 19.4 Å². The Morgan fingerprint density at radius 3 is 2.59 bits per heavy atom. The zero-order valence-corrected chi connectivity index (χ0v) is 19.8. The van der Waals surface area contributed by atoms with E-state index in [0.717, 1.165) is 11.4 Å². The number of carbonyl (C=O) groups is 1. The van der Waals surface area contributed by atoms with Gasteiger partial charge in [-0.05, 0) is 31.6 Å². The average Bonchev–Trinajstić information content (AvgIpc) is 3.29. The van der Waals surface area contributed by atoms with Gasteiger partial charge in [-0.15, -0.1) is 0 Å². The summed E-state index contributed by atoms with van der Waals surface area (Å²) in [4.78, 5) is 16.8. The van der Waals surface area contributed by atoms with Gasteiger partial charge in [0, 0.05) is 37.8 Å². The molecule has 1 amide bonds. The molecular weight excluding hydrogens is 452 g/mol. The van der Waals surface area contributed by atoms with Crippen LogP contribution in [0, 0.1) is 6.92 Å². The van der Waals surface area contributed by atoms with Gasteiger partial charge in [-0.1, -0.05) is 23.7 Å². The molecule has 0 spiro atoms. The number of sulfone groups is 1. The number of ether oxygens (including phenoxy) is 1. The van der Waals surface area contributed by atoms with Crippen LogP contribution in [0.4, 0.5) is 5.69 Å². The minimum Gasteiger partial charge on any atom is -0.495 e. The molecule has 0 aliphatic carbocycles. The second-order valence-corrected chi connectivity index (χ2v) is 10.7. The minimum absolute atomic E-state index is 0.0480. The Morgan fingerprint density at radius 2 is 1.94 bits per heavy atom. The highest BCUT2D eigenvalue weighted by atomic mass is 35.5. The molecule has 0 saturated carbocycles. The number of anilines is 1. The maximum atomic E-state index is 12.8. The van der Waals surface area contributed by atoms with Crippen molar-refractivity contribution in [3.8, 4) is 5.75 Å². The summed E-state index contributed by atoms with van der Waals surface area (Å²) in [6.07, 6.45) is 3.70. The Kier molecular flexibility index (Phi) is 6.48. The van der Waals surface area contributed by atoms with Crippen LogP contribution in [0.25, 0.3) is 6.08 Å². The summed E-state index contributed by atoms with van der Waals surface area (Å²) < 4.78 is 30.6. The van der Waals surface area contributed by atoms with E-state index in [1.54, 1.807) is 22.8 Å². The molecule has 2 fully saturated rings. The van der Waals surface area contributed by atoms with E-state index in [1.807, 2.05) is 31.2 Å². The van der Waals surface area contributed by atoms with Crippen LogP contribution >= 0.6 is 11.6 Å². The fourth-order valence-corrected chi connectivity index (χ4v) is 6.32. The smallest absolute Gasteiger partial charge is 0.246 e. The Morgan fingerprint density at radius 1 is 1.22 bits per heavy atom. The van der Waals surface area contributed by atoms with E-state index in [4.69, 9.17) is 16.3 Å². The quantitative estimate of drug-likeness (QED) is 0.614. The van der Waals surface area contributed by atoms with Gasteiger partial charge in [0.15, 0.2) is 9.84 Å². The fourth-order valence-electron chi connectivity index (χ4n) is 4.25. The van der Waals surface area contributed by atoms with E-state index < -0.39 is 9.84 Å². The van der Waals surface area contributed by atoms with Crippen molar-refractivity contribution in [3.05, 3.63) is 46.8 Å². The summed E-state index contributed by atoms with van der Waals surface area (Å²) in [5.74, 6) is 0.935. The molecule has 0 bridgehead atoms. The highest BCUT2D eigenvalue weighted by molar-refractivity contribution is 7.91. The largest absolute Gasteiger partial charge is 0.495 e. The first-order chi connectivity index (χ1) is 15.3. The highest BCUT2D eigenvalue weighted by Gasteiger charge is 2.32. The topological polar surface area (TPSA) is 84.7 Å². The first kappa shape index (κ1) is 22.7. The number of piperazine rings is 1. The number of hydrogen-bond donors (Lipinski definition) is 0. The number of carbonyl (C=O) groups excluding carboxylic acids is 1. The predicted molar refractivity (Wildman–Crippen MR) is 125 cm³/mol. The Labute approximate surface area is 193 Å². The van der Waals surface area contributed by atoms with Gasteiger partial charge >= 0.3 is 0 Å². The molecule has 1 aromatic heterocycles. The lowest BCUT2D eigenvalue weighted by atomic mass is 10.2. The van der Waals surface area contributed by atoms with Crippen LogP contribution in [0.3, 0.4) is 0 Å². The van der Waals surface area contributed by atoms with Crippen molar-refractivity contribution >= 4 is 39.1 Å². The van der Waals surface area contributed by atoms with Crippen molar-refractivity contribution in [2.75, 3.05) is 49.7 Å². The number of rotatable bonds is 5. The lowest BCUT2D eigenvalue weighted by Gasteiger charge is -2.36. The third-order valence-corrected chi connectivity index (χ3v) is 8.16. The van der Waals surface area contributed by atoms with Crippen molar-refractivity contribution in [2.24, 2.45) is 0 Å². The van der Waals surface area contributed by atoms with Crippen molar-refractivity contribution in [1.82, 2.24) is 14.7 Å². The first-order valence-electron chi connectivity index (χ1n) is 10.6. The monoisotopic (exact) mass is 478 g/mol. The summed E-state index contributed by atoms with van der Waals surface area (Å²) in [5, 5.41) is 4.80. The molecule has 3 heterocycles. The van der Waals surface area contributed by atoms with Crippen molar-refractivity contribution in [1.29, 1.82) is 0 Å². The van der Waals surface area contributed by atoms with Crippen LogP contribution < -0.4 is 9.64 Å². The molecule has 2 aliphatic rings. The van der Waals surface area contributed by atoms with E-state index in [0.29, 0.717) is 49.0 Å². The molecular formula is C22H27ClN4O4S. The van der Waals surface area contributed by atoms with Crippen molar-refractivity contribution < 1.29 is 17.9 Å². The molecule has 1 aromatic carbocycles. The average molecular weight is 479 g/mol. The molecule has 10 heteroatoms. The highest BCUT2D eigenvalue weighted by Crippen LogP contribution is 2.31. The van der Waals surface area contributed by atoms with Crippen LogP contribution in [-0.2, 0) is 14.6 Å².